The van der Waals surface area contributed by atoms with Crippen LogP contribution in [0.4, 0.5) is 10.1 Å². The standard InChI is InChI=1S/C27H32FN3O6S2/c1-7-18(9-8-17(2)16-30-38(5,33)34)21-14-22-24(15-23(21)31(4)39(6,35)36)37-26(25(22)27(32)29-3)19-10-12-20(28)13-11-19/h7-15,17,30H,16H2,1-6H3,(H,29,32)/b9-8-,18-7+. The number of hydrogen-bond donors (Lipinski definition) is 2. The molecule has 0 radical (unpaired) electrons. The number of allylic oxidation sites excluding steroid dienone is 3. The van der Waals surface area contributed by atoms with Gasteiger partial charge in [0, 0.05) is 43.2 Å². The van der Waals surface area contributed by atoms with Gasteiger partial charge in [0.1, 0.15) is 17.2 Å². The number of hydrogen-bond acceptors (Lipinski definition) is 6. The SMILES string of the molecule is C/C=C(\C=C/C(C)CNS(C)(=O)=O)c1cc2c(C(=O)NC)c(-c3ccc(F)cc3)oc2cc1N(C)S(C)(=O)=O. The van der Waals surface area contributed by atoms with Crippen LogP contribution in [0.1, 0.15) is 29.8 Å². The molecule has 3 aromatic rings. The second kappa shape index (κ2) is 11.7. The Balaban J connectivity index is 2.26. The molecule has 12 heteroatoms. The molecular formula is C27H32FN3O6S2. The largest absolute Gasteiger partial charge is 0.455 e. The van der Waals surface area contributed by atoms with E-state index >= 15 is 0 Å². The summed E-state index contributed by atoms with van der Waals surface area (Å²) in [7, 11) is -4.14. The number of carbonyl (C=O) groups is 1. The zero-order valence-electron chi connectivity index (χ0n) is 22.6. The highest BCUT2D eigenvalue weighted by Crippen LogP contribution is 2.40. The predicted molar refractivity (Wildman–Crippen MR) is 153 cm³/mol. The molecule has 1 aromatic heterocycles. The van der Waals surface area contributed by atoms with Gasteiger partial charge < -0.3 is 9.73 Å². The van der Waals surface area contributed by atoms with E-state index in [9.17, 15) is 26.0 Å². The summed E-state index contributed by atoms with van der Waals surface area (Å²) in [6.07, 6.45) is 7.52. The molecule has 9 nitrogen and oxygen atoms in total. The minimum absolute atomic E-state index is 0.171. The first-order valence-electron chi connectivity index (χ1n) is 12.0. The van der Waals surface area contributed by atoms with Gasteiger partial charge in [0.15, 0.2) is 0 Å². The molecule has 0 spiro atoms. The molecular weight excluding hydrogens is 545 g/mol. The summed E-state index contributed by atoms with van der Waals surface area (Å²) in [5.74, 6) is -0.829. The maximum Gasteiger partial charge on any atom is 0.255 e. The quantitative estimate of drug-likeness (QED) is 0.349. The van der Waals surface area contributed by atoms with Crippen molar-refractivity contribution >= 4 is 48.2 Å². The summed E-state index contributed by atoms with van der Waals surface area (Å²) in [4.78, 5) is 13.0. The Kier molecular flexibility index (Phi) is 9.04. The second-order valence-corrected chi connectivity index (χ2v) is 13.0. The van der Waals surface area contributed by atoms with E-state index in [0.29, 0.717) is 27.8 Å². The van der Waals surface area contributed by atoms with Gasteiger partial charge in [-0.25, -0.2) is 25.9 Å². The van der Waals surface area contributed by atoms with Crippen LogP contribution >= 0.6 is 0 Å². The van der Waals surface area contributed by atoms with Gasteiger partial charge in [0.2, 0.25) is 20.0 Å². The van der Waals surface area contributed by atoms with E-state index in [4.69, 9.17) is 4.42 Å². The highest BCUT2D eigenvalue weighted by atomic mass is 32.2. The Morgan fingerprint density at radius 2 is 1.77 bits per heavy atom. The van der Waals surface area contributed by atoms with Crippen molar-refractivity contribution in [1.82, 2.24) is 10.0 Å². The van der Waals surface area contributed by atoms with Gasteiger partial charge in [0.25, 0.3) is 5.91 Å². The van der Waals surface area contributed by atoms with Gasteiger partial charge in [-0.3, -0.25) is 9.10 Å². The predicted octanol–water partition coefficient (Wildman–Crippen LogP) is 4.14. The van der Waals surface area contributed by atoms with Crippen LogP contribution in [0.25, 0.3) is 27.9 Å². The number of fused-ring (bicyclic) bond motifs is 1. The number of nitrogens with one attached hydrogen (secondary N) is 2. The van der Waals surface area contributed by atoms with Crippen molar-refractivity contribution in [2.45, 2.75) is 13.8 Å². The Morgan fingerprint density at radius 3 is 2.31 bits per heavy atom. The van der Waals surface area contributed by atoms with Crippen LogP contribution in [0, 0.1) is 11.7 Å². The fourth-order valence-corrected chi connectivity index (χ4v) is 4.99. The lowest BCUT2D eigenvalue weighted by Crippen LogP contribution is -2.26. The Morgan fingerprint density at radius 1 is 1.13 bits per heavy atom. The number of anilines is 1. The Bertz CT molecular complexity index is 1660. The van der Waals surface area contributed by atoms with Crippen molar-refractivity contribution in [1.29, 1.82) is 0 Å². The number of benzene rings is 2. The highest BCUT2D eigenvalue weighted by Gasteiger charge is 2.26. The molecule has 1 atom stereocenters. The van der Waals surface area contributed by atoms with E-state index < -0.39 is 31.8 Å². The monoisotopic (exact) mass is 577 g/mol. The maximum absolute atomic E-state index is 13.6. The van der Waals surface area contributed by atoms with Gasteiger partial charge in [-0.15, -0.1) is 0 Å². The number of amides is 1. The average molecular weight is 578 g/mol. The highest BCUT2D eigenvalue weighted by molar-refractivity contribution is 7.92. The Labute approximate surface area is 228 Å². The van der Waals surface area contributed by atoms with Crippen LogP contribution in [0.15, 0.2) is 59.0 Å². The minimum Gasteiger partial charge on any atom is -0.455 e. The lowest BCUT2D eigenvalue weighted by atomic mass is 9.97. The van der Waals surface area contributed by atoms with Gasteiger partial charge in [-0.05, 0) is 48.7 Å². The minimum atomic E-state index is -3.68. The molecule has 3 rings (SSSR count). The van der Waals surface area contributed by atoms with E-state index in [-0.39, 0.29) is 29.4 Å². The first-order chi connectivity index (χ1) is 18.2. The molecule has 1 heterocycles. The number of nitrogens with zero attached hydrogens (tertiary/aromatic N) is 1. The molecule has 0 aliphatic heterocycles. The first-order valence-corrected chi connectivity index (χ1v) is 15.7. The molecule has 0 aliphatic rings. The van der Waals surface area contributed by atoms with Crippen LogP contribution in [0.3, 0.4) is 0 Å². The molecule has 0 fully saturated rings. The van der Waals surface area contributed by atoms with Crippen molar-refractivity contribution in [3.05, 3.63) is 71.6 Å². The third-order valence-electron chi connectivity index (χ3n) is 6.10. The lowest BCUT2D eigenvalue weighted by Gasteiger charge is -2.21. The van der Waals surface area contributed by atoms with Crippen molar-refractivity contribution in [2.75, 3.05) is 37.5 Å². The van der Waals surface area contributed by atoms with Crippen molar-refractivity contribution in [3.63, 3.8) is 0 Å². The average Bonchev–Trinajstić information content (AvgIpc) is 3.24. The second-order valence-electron chi connectivity index (χ2n) is 9.19. The number of furan rings is 1. The van der Waals surface area contributed by atoms with Crippen molar-refractivity contribution < 1.29 is 30.4 Å². The van der Waals surface area contributed by atoms with Gasteiger partial charge in [0.05, 0.1) is 23.8 Å². The fraction of sp³-hybridized carbons (Fsp3) is 0.296. The lowest BCUT2D eigenvalue weighted by molar-refractivity contribution is 0.0964. The molecule has 2 aromatic carbocycles. The van der Waals surface area contributed by atoms with Crippen LogP contribution in [-0.4, -0.2) is 55.9 Å². The van der Waals surface area contributed by atoms with Crippen molar-refractivity contribution in [2.24, 2.45) is 5.92 Å². The summed E-state index contributed by atoms with van der Waals surface area (Å²) >= 11 is 0. The smallest absolute Gasteiger partial charge is 0.255 e. The van der Waals surface area contributed by atoms with E-state index in [1.165, 1.54) is 38.4 Å². The maximum atomic E-state index is 13.6. The van der Waals surface area contributed by atoms with Crippen LogP contribution < -0.4 is 14.3 Å². The van der Waals surface area contributed by atoms with E-state index in [0.717, 1.165) is 16.8 Å². The number of rotatable bonds is 10. The molecule has 0 saturated carbocycles. The molecule has 2 N–H and O–H groups in total. The topological polar surface area (TPSA) is 126 Å². The van der Waals surface area contributed by atoms with E-state index in [1.807, 2.05) is 6.92 Å². The fourth-order valence-electron chi connectivity index (χ4n) is 3.92. The third-order valence-corrected chi connectivity index (χ3v) is 7.98. The summed E-state index contributed by atoms with van der Waals surface area (Å²) < 4.78 is 71.2. The zero-order valence-corrected chi connectivity index (χ0v) is 24.2. The Hall–Kier alpha value is -3.48. The van der Waals surface area contributed by atoms with Gasteiger partial charge in [-0.1, -0.05) is 25.2 Å². The summed E-state index contributed by atoms with van der Waals surface area (Å²) in [6.45, 7) is 3.81. The van der Waals surface area contributed by atoms with Crippen LogP contribution in [0.2, 0.25) is 0 Å². The molecule has 0 bridgehead atoms. The van der Waals surface area contributed by atoms with Crippen LogP contribution in [0.5, 0.6) is 0 Å². The normalized spacial score (nSPS) is 13.7. The molecule has 1 unspecified atom stereocenters. The number of sulfonamides is 2. The third kappa shape index (κ3) is 7.14. The molecule has 0 saturated heterocycles. The van der Waals surface area contributed by atoms with Crippen molar-refractivity contribution in [3.8, 4) is 11.3 Å². The van der Waals surface area contributed by atoms with Gasteiger partial charge in [-0.2, -0.15) is 0 Å². The molecule has 39 heavy (non-hydrogen) atoms. The van der Waals surface area contributed by atoms with E-state index in [1.54, 1.807) is 37.3 Å². The summed E-state index contributed by atoms with van der Waals surface area (Å²) in [5.41, 5.74) is 2.43. The van der Waals surface area contributed by atoms with Gasteiger partial charge >= 0.3 is 0 Å². The first kappa shape index (κ1) is 30.1. The number of carbonyl (C=O) groups excluding carboxylic acids is 1. The summed E-state index contributed by atoms with van der Waals surface area (Å²) in [6, 6.07) is 8.75. The zero-order chi connectivity index (χ0) is 29.1. The molecule has 210 valence electrons. The van der Waals surface area contributed by atoms with E-state index in [2.05, 4.69) is 10.0 Å². The molecule has 1 amide bonds. The van der Waals surface area contributed by atoms with Crippen LogP contribution in [-0.2, 0) is 20.0 Å². The molecule has 0 aliphatic carbocycles. The number of halogens is 1. The summed E-state index contributed by atoms with van der Waals surface area (Å²) in [5, 5.41) is 3.05.